The van der Waals surface area contributed by atoms with Gasteiger partial charge >= 0.3 is 5.97 Å². The molecule has 0 amide bonds. The Hall–Kier alpha value is -3.22. The van der Waals surface area contributed by atoms with Crippen LogP contribution in [0.1, 0.15) is 35.0 Å². The zero-order valence-electron chi connectivity index (χ0n) is 15.5. The molecule has 2 aromatic heterocycles. The molecule has 0 bridgehead atoms. The highest BCUT2D eigenvalue weighted by Crippen LogP contribution is 2.34. The van der Waals surface area contributed by atoms with Crippen LogP contribution in [-0.2, 0) is 11.3 Å². The molecule has 0 spiro atoms. The van der Waals surface area contributed by atoms with Crippen molar-refractivity contribution in [3.05, 3.63) is 35.3 Å². The fourth-order valence-corrected chi connectivity index (χ4v) is 3.00. The Bertz CT molecular complexity index is 922. The second-order valence-corrected chi connectivity index (χ2v) is 6.32. The normalized spacial score (nSPS) is 15.3. The molecule has 1 aliphatic rings. The van der Waals surface area contributed by atoms with Gasteiger partial charge < -0.3 is 14.4 Å². The SMILES string of the molecule is CCOC(=O)c1cn(Cc2cnc(N3CCC(F)(F)C3)c(OC)c2)nc1C#N. The molecule has 28 heavy (non-hydrogen) atoms. The van der Waals surface area contributed by atoms with Crippen molar-refractivity contribution in [1.29, 1.82) is 5.26 Å². The van der Waals surface area contributed by atoms with Crippen LogP contribution in [0.4, 0.5) is 14.6 Å². The van der Waals surface area contributed by atoms with E-state index >= 15 is 0 Å². The minimum Gasteiger partial charge on any atom is -0.493 e. The highest BCUT2D eigenvalue weighted by molar-refractivity contribution is 5.91. The summed E-state index contributed by atoms with van der Waals surface area (Å²) in [6.07, 6.45) is 2.74. The van der Waals surface area contributed by atoms with Crippen LogP contribution in [0, 0.1) is 11.3 Å². The van der Waals surface area contributed by atoms with Gasteiger partial charge in [0.2, 0.25) is 0 Å². The minimum absolute atomic E-state index is 0.0331. The van der Waals surface area contributed by atoms with Gasteiger partial charge in [-0.15, -0.1) is 0 Å². The second kappa shape index (κ2) is 7.80. The molecule has 8 nitrogen and oxygen atoms in total. The number of hydrogen-bond acceptors (Lipinski definition) is 7. The van der Waals surface area contributed by atoms with Gasteiger partial charge in [0.05, 0.1) is 26.8 Å². The molecule has 10 heteroatoms. The van der Waals surface area contributed by atoms with Crippen LogP contribution in [0.25, 0.3) is 0 Å². The number of carbonyl (C=O) groups excluding carboxylic acids is 1. The van der Waals surface area contributed by atoms with Crippen LogP contribution in [0.15, 0.2) is 18.5 Å². The third-order valence-electron chi connectivity index (χ3n) is 4.29. The van der Waals surface area contributed by atoms with Crippen molar-refractivity contribution in [3.63, 3.8) is 0 Å². The van der Waals surface area contributed by atoms with E-state index in [1.165, 1.54) is 29.1 Å². The lowest BCUT2D eigenvalue weighted by atomic mass is 10.2. The molecular weight excluding hydrogens is 372 g/mol. The van der Waals surface area contributed by atoms with Crippen molar-refractivity contribution < 1.29 is 23.0 Å². The maximum absolute atomic E-state index is 13.5. The number of ether oxygens (including phenoxy) is 2. The molecule has 3 heterocycles. The van der Waals surface area contributed by atoms with Gasteiger partial charge in [-0.1, -0.05) is 0 Å². The maximum Gasteiger partial charge on any atom is 0.342 e. The van der Waals surface area contributed by atoms with Crippen LogP contribution in [0.5, 0.6) is 5.75 Å². The highest BCUT2D eigenvalue weighted by Gasteiger charge is 2.39. The first-order valence-electron chi connectivity index (χ1n) is 8.67. The lowest BCUT2D eigenvalue weighted by Gasteiger charge is -2.20. The summed E-state index contributed by atoms with van der Waals surface area (Å²) in [5.74, 6) is -2.63. The first-order valence-corrected chi connectivity index (χ1v) is 8.67. The molecule has 1 aliphatic heterocycles. The van der Waals surface area contributed by atoms with E-state index in [0.29, 0.717) is 17.1 Å². The lowest BCUT2D eigenvalue weighted by Crippen LogP contribution is -2.26. The third kappa shape index (κ3) is 4.03. The van der Waals surface area contributed by atoms with Crippen molar-refractivity contribution in [2.75, 3.05) is 31.7 Å². The van der Waals surface area contributed by atoms with E-state index in [9.17, 15) is 13.6 Å². The average Bonchev–Trinajstić information content (AvgIpc) is 3.24. The Morgan fingerprint density at radius 1 is 1.46 bits per heavy atom. The van der Waals surface area contributed by atoms with Gasteiger partial charge in [0.25, 0.3) is 5.92 Å². The molecule has 0 unspecified atom stereocenters. The number of aromatic nitrogens is 3. The van der Waals surface area contributed by atoms with Gasteiger partial charge in [-0.05, 0) is 18.6 Å². The van der Waals surface area contributed by atoms with E-state index in [4.69, 9.17) is 14.7 Å². The molecule has 2 aromatic rings. The van der Waals surface area contributed by atoms with Gasteiger partial charge in [-0.3, -0.25) is 4.68 Å². The number of rotatable bonds is 6. The quantitative estimate of drug-likeness (QED) is 0.697. The molecule has 0 N–H and O–H groups in total. The Labute approximate surface area is 160 Å². The molecule has 1 saturated heterocycles. The van der Waals surface area contributed by atoms with E-state index in [0.717, 1.165) is 0 Å². The Balaban J connectivity index is 1.82. The maximum atomic E-state index is 13.5. The Morgan fingerprint density at radius 3 is 2.86 bits per heavy atom. The van der Waals surface area contributed by atoms with Crippen molar-refractivity contribution in [2.45, 2.75) is 25.8 Å². The van der Waals surface area contributed by atoms with Crippen molar-refractivity contribution >= 4 is 11.8 Å². The van der Waals surface area contributed by atoms with Crippen LogP contribution in [0.2, 0.25) is 0 Å². The zero-order valence-corrected chi connectivity index (χ0v) is 15.5. The van der Waals surface area contributed by atoms with E-state index in [2.05, 4.69) is 10.1 Å². The number of nitrogens with zero attached hydrogens (tertiary/aromatic N) is 5. The smallest absolute Gasteiger partial charge is 0.342 e. The van der Waals surface area contributed by atoms with E-state index < -0.39 is 18.4 Å². The second-order valence-electron chi connectivity index (χ2n) is 6.32. The van der Waals surface area contributed by atoms with Crippen molar-refractivity contribution in [2.24, 2.45) is 0 Å². The largest absolute Gasteiger partial charge is 0.493 e. The molecule has 148 valence electrons. The van der Waals surface area contributed by atoms with Crippen LogP contribution in [-0.4, -0.2) is 53.5 Å². The lowest BCUT2D eigenvalue weighted by molar-refractivity contribution is 0.0256. The first kappa shape index (κ1) is 19.5. The summed E-state index contributed by atoms with van der Waals surface area (Å²) in [5, 5.41) is 13.2. The number of pyridine rings is 1. The van der Waals surface area contributed by atoms with Gasteiger partial charge in [-0.25, -0.2) is 18.6 Å². The van der Waals surface area contributed by atoms with Gasteiger partial charge in [0, 0.05) is 25.4 Å². The molecule has 0 aliphatic carbocycles. The van der Waals surface area contributed by atoms with E-state index in [-0.39, 0.29) is 37.4 Å². The molecule has 0 radical (unpaired) electrons. The van der Waals surface area contributed by atoms with Crippen LogP contribution < -0.4 is 9.64 Å². The van der Waals surface area contributed by atoms with Crippen molar-refractivity contribution in [3.8, 4) is 11.8 Å². The Kier molecular flexibility index (Phi) is 5.44. The summed E-state index contributed by atoms with van der Waals surface area (Å²) in [6.45, 7) is 1.87. The molecule has 1 fully saturated rings. The summed E-state index contributed by atoms with van der Waals surface area (Å²) < 4.78 is 38.6. The Morgan fingerprint density at radius 2 is 2.25 bits per heavy atom. The number of hydrogen-bond donors (Lipinski definition) is 0. The van der Waals surface area contributed by atoms with Crippen LogP contribution in [0.3, 0.4) is 0 Å². The summed E-state index contributed by atoms with van der Waals surface area (Å²) in [7, 11) is 1.44. The number of halogens is 2. The fourth-order valence-electron chi connectivity index (χ4n) is 3.00. The molecule has 0 aromatic carbocycles. The number of anilines is 1. The highest BCUT2D eigenvalue weighted by atomic mass is 19.3. The molecular formula is C18H19F2N5O3. The number of nitriles is 1. The predicted octanol–water partition coefficient (Wildman–Crippen LogP) is 2.23. The van der Waals surface area contributed by atoms with Crippen molar-refractivity contribution in [1.82, 2.24) is 14.8 Å². The monoisotopic (exact) mass is 391 g/mol. The fraction of sp³-hybridized carbons (Fsp3) is 0.444. The minimum atomic E-state index is -2.74. The van der Waals surface area contributed by atoms with Crippen LogP contribution >= 0.6 is 0 Å². The first-order chi connectivity index (χ1) is 13.4. The zero-order chi connectivity index (χ0) is 20.3. The molecule has 3 rings (SSSR count). The molecule has 0 atom stereocenters. The summed E-state index contributed by atoms with van der Waals surface area (Å²) in [5.41, 5.74) is 0.725. The molecule has 0 saturated carbocycles. The average molecular weight is 391 g/mol. The number of methoxy groups -OCH3 is 1. The van der Waals surface area contributed by atoms with Gasteiger partial charge in [0.1, 0.15) is 11.6 Å². The van der Waals surface area contributed by atoms with E-state index in [1.54, 1.807) is 13.0 Å². The summed E-state index contributed by atoms with van der Waals surface area (Å²) in [6, 6.07) is 3.54. The topological polar surface area (TPSA) is 93.3 Å². The van der Waals surface area contributed by atoms with Gasteiger partial charge in [0.15, 0.2) is 17.3 Å². The predicted molar refractivity (Wildman–Crippen MR) is 94.6 cm³/mol. The van der Waals surface area contributed by atoms with E-state index in [1.807, 2.05) is 6.07 Å². The number of esters is 1. The third-order valence-corrected chi connectivity index (χ3v) is 4.29. The summed E-state index contributed by atoms with van der Waals surface area (Å²) in [4.78, 5) is 17.7. The number of alkyl halides is 2. The summed E-state index contributed by atoms with van der Waals surface area (Å²) >= 11 is 0. The number of carbonyl (C=O) groups is 1. The van der Waals surface area contributed by atoms with Gasteiger partial charge in [-0.2, -0.15) is 10.4 Å². The standard InChI is InChI=1S/C18H19F2N5O3/c1-3-28-17(26)13-10-25(23-14(13)7-21)9-12-6-15(27-2)16(22-8-12)24-5-4-18(19,20)11-24/h6,8,10H,3-5,9,11H2,1-2H3.